The smallest absolute Gasteiger partial charge is 0.220 e. The number of nitrogens with two attached hydrogens (primary N) is 1. The minimum absolute atomic E-state index is 0. The van der Waals surface area contributed by atoms with Crippen LogP contribution in [0.2, 0.25) is 0 Å². The SMILES string of the molecule is COc1ccc(OC)c(CCC(=O)NCC(N)c2ccc(C(C)C)cc2)c1.Cl. The summed E-state index contributed by atoms with van der Waals surface area (Å²) < 4.78 is 10.6. The molecule has 28 heavy (non-hydrogen) atoms. The predicted molar refractivity (Wildman–Crippen MR) is 116 cm³/mol. The molecule has 1 atom stereocenters. The fourth-order valence-corrected chi connectivity index (χ4v) is 2.88. The number of carbonyl (C=O) groups is 1. The van der Waals surface area contributed by atoms with Crippen molar-refractivity contribution in [2.45, 2.75) is 38.6 Å². The number of hydrogen-bond acceptors (Lipinski definition) is 4. The first-order valence-electron chi connectivity index (χ1n) is 9.27. The number of hydrogen-bond donors (Lipinski definition) is 2. The fourth-order valence-electron chi connectivity index (χ4n) is 2.88. The minimum Gasteiger partial charge on any atom is -0.497 e. The van der Waals surface area contributed by atoms with Crippen LogP contribution < -0.4 is 20.5 Å². The molecule has 2 aromatic rings. The van der Waals surface area contributed by atoms with Crippen LogP contribution in [0.25, 0.3) is 0 Å². The first-order valence-corrected chi connectivity index (χ1v) is 9.27. The summed E-state index contributed by atoms with van der Waals surface area (Å²) in [4.78, 5) is 12.2. The van der Waals surface area contributed by atoms with Crippen molar-refractivity contribution in [2.24, 2.45) is 5.73 Å². The van der Waals surface area contributed by atoms with E-state index in [1.54, 1.807) is 14.2 Å². The summed E-state index contributed by atoms with van der Waals surface area (Å²) >= 11 is 0. The van der Waals surface area contributed by atoms with Crippen LogP contribution in [-0.2, 0) is 11.2 Å². The molecule has 2 rings (SSSR count). The third-order valence-corrected chi connectivity index (χ3v) is 4.66. The van der Waals surface area contributed by atoms with Crippen LogP contribution in [0.15, 0.2) is 42.5 Å². The van der Waals surface area contributed by atoms with Gasteiger partial charge < -0.3 is 20.5 Å². The third kappa shape index (κ3) is 6.73. The molecule has 0 aromatic heterocycles. The van der Waals surface area contributed by atoms with Gasteiger partial charge in [-0.1, -0.05) is 38.1 Å². The fraction of sp³-hybridized carbons (Fsp3) is 0.409. The van der Waals surface area contributed by atoms with E-state index >= 15 is 0 Å². The van der Waals surface area contributed by atoms with Crippen molar-refractivity contribution < 1.29 is 14.3 Å². The molecular formula is C22H31ClN2O3. The van der Waals surface area contributed by atoms with Crippen LogP contribution in [0, 0.1) is 0 Å². The van der Waals surface area contributed by atoms with E-state index < -0.39 is 0 Å². The van der Waals surface area contributed by atoms with Crippen molar-refractivity contribution in [1.29, 1.82) is 0 Å². The van der Waals surface area contributed by atoms with Crippen LogP contribution in [0.5, 0.6) is 11.5 Å². The standard InChI is InChI=1S/C22H30N2O3.ClH/c1-15(2)16-5-7-17(8-6-16)20(23)14-24-22(25)12-9-18-13-19(26-3)10-11-21(18)27-4;/h5-8,10-11,13,15,20H,9,12,14,23H2,1-4H3,(H,24,25);1H. The number of rotatable bonds is 9. The van der Waals surface area contributed by atoms with Gasteiger partial charge in [-0.05, 0) is 47.2 Å². The van der Waals surface area contributed by atoms with Gasteiger partial charge in [-0.25, -0.2) is 0 Å². The zero-order valence-corrected chi connectivity index (χ0v) is 17.8. The quantitative estimate of drug-likeness (QED) is 0.660. The van der Waals surface area contributed by atoms with E-state index in [1.807, 2.05) is 30.3 Å². The molecule has 0 aliphatic heterocycles. The summed E-state index contributed by atoms with van der Waals surface area (Å²) in [5.41, 5.74) is 9.46. The van der Waals surface area contributed by atoms with Gasteiger partial charge in [0, 0.05) is 19.0 Å². The van der Waals surface area contributed by atoms with E-state index in [2.05, 4.69) is 31.3 Å². The minimum atomic E-state index is -0.221. The van der Waals surface area contributed by atoms with Gasteiger partial charge in [0.2, 0.25) is 5.91 Å². The maximum Gasteiger partial charge on any atom is 0.220 e. The summed E-state index contributed by atoms with van der Waals surface area (Å²) in [6, 6.07) is 13.6. The summed E-state index contributed by atoms with van der Waals surface area (Å²) in [6.45, 7) is 4.73. The second kappa shape index (κ2) is 11.6. The molecule has 0 aliphatic rings. The van der Waals surface area contributed by atoms with Crippen molar-refractivity contribution >= 4 is 18.3 Å². The maximum absolute atomic E-state index is 12.2. The van der Waals surface area contributed by atoms with Gasteiger partial charge in [0.25, 0.3) is 0 Å². The zero-order chi connectivity index (χ0) is 19.8. The number of carbonyl (C=O) groups excluding carboxylic acids is 1. The zero-order valence-electron chi connectivity index (χ0n) is 17.0. The first kappa shape index (κ1) is 23.8. The van der Waals surface area contributed by atoms with Crippen molar-refractivity contribution in [2.75, 3.05) is 20.8 Å². The Balaban J connectivity index is 0.00000392. The average molecular weight is 407 g/mol. The Hall–Kier alpha value is -2.24. The predicted octanol–water partition coefficient (Wildman–Crippen LogP) is 4.00. The van der Waals surface area contributed by atoms with E-state index in [0.717, 1.165) is 22.6 Å². The first-order chi connectivity index (χ1) is 12.9. The lowest BCUT2D eigenvalue weighted by Gasteiger charge is -2.15. The molecule has 5 nitrogen and oxygen atoms in total. The van der Waals surface area contributed by atoms with Gasteiger partial charge in [-0.3, -0.25) is 4.79 Å². The number of benzene rings is 2. The lowest BCUT2D eigenvalue weighted by Crippen LogP contribution is -2.32. The number of halogens is 1. The Morgan fingerprint density at radius 2 is 1.68 bits per heavy atom. The molecule has 0 spiro atoms. The highest BCUT2D eigenvalue weighted by atomic mass is 35.5. The van der Waals surface area contributed by atoms with Crippen LogP contribution in [0.3, 0.4) is 0 Å². The van der Waals surface area contributed by atoms with E-state index in [-0.39, 0.29) is 24.4 Å². The summed E-state index contributed by atoms with van der Waals surface area (Å²) in [7, 11) is 3.24. The highest BCUT2D eigenvalue weighted by Gasteiger charge is 2.11. The molecule has 0 fully saturated rings. The van der Waals surface area contributed by atoms with Crippen LogP contribution in [-0.4, -0.2) is 26.7 Å². The van der Waals surface area contributed by atoms with E-state index in [9.17, 15) is 4.79 Å². The molecule has 1 unspecified atom stereocenters. The Morgan fingerprint density at radius 3 is 2.25 bits per heavy atom. The molecule has 0 heterocycles. The Morgan fingerprint density at radius 1 is 1.04 bits per heavy atom. The van der Waals surface area contributed by atoms with Crippen LogP contribution >= 0.6 is 12.4 Å². The lowest BCUT2D eigenvalue weighted by molar-refractivity contribution is -0.121. The van der Waals surface area contributed by atoms with Gasteiger partial charge in [0.05, 0.1) is 14.2 Å². The summed E-state index contributed by atoms with van der Waals surface area (Å²) in [5.74, 6) is 1.96. The molecule has 0 aliphatic carbocycles. The average Bonchev–Trinajstić information content (AvgIpc) is 2.70. The molecule has 154 valence electrons. The highest BCUT2D eigenvalue weighted by molar-refractivity contribution is 5.85. The highest BCUT2D eigenvalue weighted by Crippen LogP contribution is 2.25. The van der Waals surface area contributed by atoms with Gasteiger partial charge >= 0.3 is 0 Å². The molecule has 1 amide bonds. The maximum atomic E-state index is 12.2. The molecule has 2 aromatic carbocycles. The lowest BCUT2D eigenvalue weighted by atomic mass is 9.99. The summed E-state index contributed by atoms with van der Waals surface area (Å²) in [5, 5.41) is 2.92. The van der Waals surface area contributed by atoms with Crippen molar-refractivity contribution in [3.63, 3.8) is 0 Å². The Bertz CT molecular complexity index is 748. The van der Waals surface area contributed by atoms with Crippen LogP contribution in [0.1, 0.15) is 48.9 Å². The largest absolute Gasteiger partial charge is 0.497 e. The molecule has 0 radical (unpaired) electrons. The molecule has 3 N–H and O–H groups in total. The topological polar surface area (TPSA) is 73.6 Å². The van der Waals surface area contributed by atoms with E-state index in [0.29, 0.717) is 25.3 Å². The molecule has 6 heteroatoms. The molecule has 0 saturated carbocycles. The van der Waals surface area contributed by atoms with E-state index in [4.69, 9.17) is 15.2 Å². The molecule has 0 saturated heterocycles. The molecular weight excluding hydrogens is 376 g/mol. The second-order valence-corrected chi connectivity index (χ2v) is 6.91. The summed E-state index contributed by atoms with van der Waals surface area (Å²) in [6.07, 6.45) is 0.938. The Kier molecular flexibility index (Phi) is 9.83. The van der Waals surface area contributed by atoms with Gasteiger partial charge in [-0.15, -0.1) is 12.4 Å². The van der Waals surface area contributed by atoms with Gasteiger partial charge in [-0.2, -0.15) is 0 Å². The normalized spacial score (nSPS) is 11.5. The number of aryl methyl sites for hydroxylation is 1. The monoisotopic (exact) mass is 406 g/mol. The van der Waals surface area contributed by atoms with Crippen molar-refractivity contribution in [3.05, 3.63) is 59.2 Å². The van der Waals surface area contributed by atoms with Gasteiger partial charge in [0.1, 0.15) is 11.5 Å². The second-order valence-electron chi connectivity index (χ2n) is 6.91. The van der Waals surface area contributed by atoms with Gasteiger partial charge in [0.15, 0.2) is 0 Å². The van der Waals surface area contributed by atoms with Crippen LogP contribution in [0.4, 0.5) is 0 Å². The third-order valence-electron chi connectivity index (χ3n) is 4.66. The van der Waals surface area contributed by atoms with Crippen molar-refractivity contribution in [3.8, 4) is 11.5 Å². The Labute approximate surface area is 174 Å². The number of nitrogens with one attached hydrogen (secondary N) is 1. The molecule has 0 bridgehead atoms. The number of ether oxygens (including phenoxy) is 2. The van der Waals surface area contributed by atoms with E-state index in [1.165, 1.54) is 5.56 Å². The number of methoxy groups -OCH3 is 2. The van der Waals surface area contributed by atoms with Crippen molar-refractivity contribution in [1.82, 2.24) is 5.32 Å². The number of amides is 1.